The number of esters is 1. The first-order chi connectivity index (χ1) is 7.41. The largest absolute Gasteiger partial charge is 0.505 e. The maximum Gasteiger partial charge on any atom is 0.377 e. The van der Waals surface area contributed by atoms with Crippen molar-refractivity contribution >= 4 is 5.97 Å². The van der Waals surface area contributed by atoms with Crippen LogP contribution in [0.4, 0.5) is 0 Å². The Morgan fingerprint density at radius 1 is 1.25 bits per heavy atom. The third kappa shape index (κ3) is 1.85. The third-order valence-electron chi connectivity index (χ3n) is 2.66. The molecule has 2 aliphatic heterocycles. The first-order valence-corrected chi connectivity index (χ1v) is 5.02. The second-order valence-corrected chi connectivity index (χ2v) is 4.34. The SMILES string of the molecule is CC1(C)OCC([C@H]2OC(=O)C(O)=C2O)CO1. The summed E-state index contributed by atoms with van der Waals surface area (Å²) in [5.74, 6) is -3.05. The normalized spacial score (nSPS) is 30.6. The third-order valence-corrected chi connectivity index (χ3v) is 2.66. The van der Waals surface area contributed by atoms with Gasteiger partial charge in [0, 0.05) is 0 Å². The molecular formula is C10H14O6. The number of rotatable bonds is 1. The molecule has 1 saturated heterocycles. The first-order valence-electron chi connectivity index (χ1n) is 5.02. The zero-order valence-electron chi connectivity index (χ0n) is 9.10. The van der Waals surface area contributed by atoms with Gasteiger partial charge in [-0.2, -0.15) is 0 Å². The second kappa shape index (κ2) is 3.64. The fourth-order valence-electron chi connectivity index (χ4n) is 1.67. The molecule has 0 aromatic heterocycles. The van der Waals surface area contributed by atoms with E-state index in [1.54, 1.807) is 13.8 Å². The van der Waals surface area contributed by atoms with E-state index in [9.17, 15) is 9.90 Å². The van der Waals surface area contributed by atoms with Crippen LogP contribution in [-0.2, 0) is 19.0 Å². The van der Waals surface area contributed by atoms with Crippen molar-refractivity contribution in [1.29, 1.82) is 0 Å². The molecule has 0 aromatic carbocycles. The van der Waals surface area contributed by atoms with Crippen LogP contribution in [0, 0.1) is 5.92 Å². The molecule has 0 unspecified atom stereocenters. The number of aliphatic hydroxyl groups is 2. The Morgan fingerprint density at radius 3 is 2.25 bits per heavy atom. The van der Waals surface area contributed by atoms with Crippen LogP contribution in [0.3, 0.4) is 0 Å². The lowest BCUT2D eigenvalue weighted by atomic mass is 10.0. The van der Waals surface area contributed by atoms with Gasteiger partial charge in [-0.1, -0.05) is 0 Å². The standard InChI is InChI=1S/C10H14O6/c1-10(2)14-3-5(4-15-10)8-6(11)7(12)9(13)16-8/h5,8,11-12H,3-4H2,1-2H3/t8-/m1/s1. The molecule has 0 saturated carbocycles. The topological polar surface area (TPSA) is 85.2 Å². The predicted octanol–water partition coefficient (Wildman–Crippen LogP) is 0.638. The van der Waals surface area contributed by atoms with Crippen LogP contribution in [0.1, 0.15) is 13.8 Å². The highest BCUT2D eigenvalue weighted by Crippen LogP contribution is 2.30. The zero-order valence-corrected chi connectivity index (χ0v) is 9.10. The Hall–Kier alpha value is -1.27. The van der Waals surface area contributed by atoms with Crippen LogP contribution in [0.25, 0.3) is 0 Å². The Morgan fingerprint density at radius 2 is 1.81 bits per heavy atom. The van der Waals surface area contributed by atoms with Crippen LogP contribution in [-0.4, -0.2) is 41.3 Å². The summed E-state index contributed by atoms with van der Waals surface area (Å²) in [6.45, 7) is 4.14. The highest BCUT2D eigenvalue weighted by atomic mass is 16.7. The Balaban J connectivity index is 2.04. The summed E-state index contributed by atoms with van der Waals surface area (Å²) < 4.78 is 15.6. The molecule has 1 atom stereocenters. The molecule has 90 valence electrons. The van der Waals surface area contributed by atoms with E-state index >= 15 is 0 Å². The summed E-state index contributed by atoms with van der Waals surface area (Å²) in [6.07, 6.45) is -0.872. The lowest BCUT2D eigenvalue weighted by molar-refractivity contribution is -0.270. The minimum absolute atomic E-state index is 0.294. The number of hydrogen-bond acceptors (Lipinski definition) is 6. The zero-order chi connectivity index (χ0) is 11.9. The van der Waals surface area contributed by atoms with Crippen molar-refractivity contribution in [1.82, 2.24) is 0 Å². The Kier molecular flexibility index (Phi) is 2.55. The van der Waals surface area contributed by atoms with Gasteiger partial charge >= 0.3 is 5.97 Å². The van der Waals surface area contributed by atoms with Crippen LogP contribution in [0.5, 0.6) is 0 Å². The van der Waals surface area contributed by atoms with E-state index in [1.165, 1.54) is 0 Å². The van der Waals surface area contributed by atoms with Gasteiger partial charge in [-0.15, -0.1) is 0 Å². The van der Waals surface area contributed by atoms with Gasteiger partial charge in [-0.3, -0.25) is 0 Å². The molecule has 6 nitrogen and oxygen atoms in total. The summed E-state index contributed by atoms with van der Waals surface area (Å²) in [7, 11) is 0. The average Bonchev–Trinajstić information content (AvgIpc) is 2.46. The van der Waals surface area contributed by atoms with E-state index in [-0.39, 0.29) is 5.92 Å². The van der Waals surface area contributed by atoms with E-state index in [4.69, 9.17) is 19.3 Å². The number of cyclic esters (lactones) is 1. The molecule has 2 N–H and O–H groups in total. The van der Waals surface area contributed by atoms with E-state index in [0.29, 0.717) is 13.2 Å². The maximum absolute atomic E-state index is 11.0. The fraction of sp³-hybridized carbons (Fsp3) is 0.700. The molecule has 0 radical (unpaired) electrons. The molecule has 0 aromatic rings. The second-order valence-electron chi connectivity index (χ2n) is 4.34. The van der Waals surface area contributed by atoms with E-state index in [1.807, 2.05) is 0 Å². The fourth-order valence-corrected chi connectivity index (χ4v) is 1.67. The summed E-state index contributed by atoms with van der Waals surface area (Å²) in [5.41, 5.74) is 0. The van der Waals surface area contributed by atoms with Crippen molar-refractivity contribution < 1.29 is 29.2 Å². The summed E-state index contributed by atoms with van der Waals surface area (Å²) in [5, 5.41) is 18.6. The average molecular weight is 230 g/mol. The number of aliphatic hydroxyl groups excluding tert-OH is 2. The van der Waals surface area contributed by atoms with Crippen molar-refractivity contribution in [3.05, 3.63) is 11.5 Å². The first kappa shape index (κ1) is 11.2. The van der Waals surface area contributed by atoms with Crippen LogP contribution in [0.2, 0.25) is 0 Å². The van der Waals surface area contributed by atoms with Gasteiger partial charge in [0.15, 0.2) is 17.7 Å². The molecule has 0 aliphatic carbocycles. The smallest absolute Gasteiger partial charge is 0.377 e. The number of hydrogen-bond donors (Lipinski definition) is 2. The van der Waals surface area contributed by atoms with E-state index in [2.05, 4.69) is 0 Å². The molecule has 0 amide bonds. The highest BCUT2D eigenvalue weighted by Gasteiger charge is 2.43. The number of carbonyl (C=O) groups excluding carboxylic acids is 1. The quantitative estimate of drug-likeness (QED) is 0.643. The van der Waals surface area contributed by atoms with Crippen LogP contribution >= 0.6 is 0 Å². The molecule has 6 heteroatoms. The van der Waals surface area contributed by atoms with E-state index in [0.717, 1.165) is 0 Å². The molecule has 0 spiro atoms. The van der Waals surface area contributed by atoms with Crippen LogP contribution in [0.15, 0.2) is 11.5 Å². The summed E-state index contributed by atoms with van der Waals surface area (Å²) in [4.78, 5) is 11.0. The van der Waals surface area contributed by atoms with E-state index < -0.39 is 29.4 Å². The minimum atomic E-state index is -0.910. The number of carbonyl (C=O) groups is 1. The monoisotopic (exact) mass is 230 g/mol. The highest BCUT2D eigenvalue weighted by molar-refractivity contribution is 5.89. The van der Waals surface area contributed by atoms with Crippen LogP contribution < -0.4 is 0 Å². The molecular weight excluding hydrogens is 216 g/mol. The van der Waals surface area contributed by atoms with Gasteiger partial charge in [0.05, 0.1) is 19.1 Å². The lowest BCUT2D eigenvalue weighted by Crippen LogP contribution is -2.44. The van der Waals surface area contributed by atoms with Gasteiger partial charge < -0.3 is 24.4 Å². The summed E-state index contributed by atoms with van der Waals surface area (Å²) in [6, 6.07) is 0. The van der Waals surface area contributed by atoms with Gasteiger partial charge in [0.1, 0.15) is 0 Å². The predicted molar refractivity (Wildman–Crippen MR) is 51.6 cm³/mol. The van der Waals surface area contributed by atoms with Gasteiger partial charge in [-0.05, 0) is 13.8 Å². The van der Waals surface area contributed by atoms with Crippen molar-refractivity contribution in [3.63, 3.8) is 0 Å². The molecule has 16 heavy (non-hydrogen) atoms. The molecule has 0 bridgehead atoms. The Bertz CT molecular complexity index is 335. The molecule has 1 fully saturated rings. The maximum atomic E-state index is 11.0. The van der Waals surface area contributed by atoms with Gasteiger partial charge in [-0.25, -0.2) is 4.79 Å². The lowest BCUT2D eigenvalue weighted by Gasteiger charge is -2.36. The Labute approximate surface area is 92.4 Å². The minimum Gasteiger partial charge on any atom is -0.505 e. The van der Waals surface area contributed by atoms with Gasteiger partial charge in [0.2, 0.25) is 5.76 Å². The summed E-state index contributed by atoms with van der Waals surface area (Å²) >= 11 is 0. The molecule has 2 heterocycles. The van der Waals surface area contributed by atoms with Gasteiger partial charge in [0.25, 0.3) is 0 Å². The van der Waals surface area contributed by atoms with Crippen molar-refractivity contribution in [2.75, 3.05) is 13.2 Å². The molecule has 2 aliphatic rings. The number of ether oxygens (including phenoxy) is 3. The van der Waals surface area contributed by atoms with Crippen molar-refractivity contribution in [2.24, 2.45) is 5.92 Å². The molecule has 2 rings (SSSR count). The van der Waals surface area contributed by atoms with Crippen molar-refractivity contribution in [3.8, 4) is 0 Å². The van der Waals surface area contributed by atoms with Crippen molar-refractivity contribution in [2.45, 2.75) is 25.7 Å².